The minimum absolute atomic E-state index is 0.447. The second-order valence-electron chi connectivity index (χ2n) is 5.36. The summed E-state index contributed by atoms with van der Waals surface area (Å²) in [6.45, 7) is 5.81. The average Bonchev–Trinajstić information content (AvgIpc) is 3.11. The molecule has 3 rings (SSSR count). The van der Waals surface area contributed by atoms with Crippen LogP contribution < -0.4 is 0 Å². The lowest BCUT2D eigenvalue weighted by Crippen LogP contribution is -2.40. The third kappa shape index (κ3) is 3.07. The third-order valence-electron chi connectivity index (χ3n) is 3.96. The lowest BCUT2D eigenvalue weighted by atomic mass is 10.1. The number of ether oxygens (including phenoxy) is 1. The molecule has 0 aromatic carbocycles. The minimum Gasteiger partial charge on any atom is -0.379 e. The van der Waals surface area contributed by atoms with E-state index in [2.05, 4.69) is 4.90 Å². The van der Waals surface area contributed by atoms with E-state index in [-0.39, 0.29) is 0 Å². The summed E-state index contributed by atoms with van der Waals surface area (Å²) in [7, 11) is -3.26. The van der Waals surface area contributed by atoms with Crippen LogP contribution in [-0.2, 0) is 14.8 Å². The van der Waals surface area contributed by atoms with E-state index in [1.807, 2.05) is 5.38 Å². The van der Waals surface area contributed by atoms with Crippen LogP contribution in [0.2, 0.25) is 0 Å². The molecule has 112 valence electrons. The third-order valence-corrected chi connectivity index (χ3v) is 7.20. The van der Waals surface area contributed by atoms with E-state index in [0.29, 0.717) is 23.2 Å². The summed E-state index contributed by atoms with van der Waals surface area (Å²) in [6, 6.07) is 3.48. The standard InChI is InChI=1S/C13H20N2O3S2/c16-20(17,13-2-1-9-19-13)15-4-3-12(11-15)10-14-5-7-18-8-6-14/h1-2,9,12H,3-8,10-11H2. The van der Waals surface area contributed by atoms with Crippen LogP contribution in [0.1, 0.15) is 6.42 Å². The SMILES string of the molecule is O=S(=O)(c1cccs1)N1CCC(CN2CCOCC2)C1. The Kier molecular flexibility index (Phi) is 4.42. The number of hydrogen-bond donors (Lipinski definition) is 0. The maximum Gasteiger partial charge on any atom is 0.252 e. The normalized spacial score (nSPS) is 26.1. The molecule has 0 N–H and O–H groups in total. The molecule has 20 heavy (non-hydrogen) atoms. The summed E-state index contributed by atoms with van der Waals surface area (Å²) in [5, 5.41) is 1.81. The van der Waals surface area contributed by atoms with Gasteiger partial charge in [0, 0.05) is 32.7 Å². The van der Waals surface area contributed by atoms with Gasteiger partial charge in [0.15, 0.2) is 0 Å². The lowest BCUT2D eigenvalue weighted by Gasteiger charge is -2.28. The molecule has 5 nitrogen and oxygen atoms in total. The van der Waals surface area contributed by atoms with Gasteiger partial charge >= 0.3 is 0 Å². The number of morpholine rings is 1. The first-order valence-corrected chi connectivity index (χ1v) is 9.32. The molecule has 7 heteroatoms. The van der Waals surface area contributed by atoms with Crippen LogP contribution >= 0.6 is 11.3 Å². The first-order valence-electron chi connectivity index (χ1n) is 7.00. The topological polar surface area (TPSA) is 49.9 Å². The maximum absolute atomic E-state index is 12.4. The van der Waals surface area contributed by atoms with E-state index in [9.17, 15) is 8.42 Å². The highest BCUT2D eigenvalue weighted by molar-refractivity contribution is 7.91. The molecule has 0 aliphatic carbocycles. The van der Waals surface area contributed by atoms with Crippen LogP contribution in [0.3, 0.4) is 0 Å². The van der Waals surface area contributed by atoms with Crippen molar-refractivity contribution in [2.24, 2.45) is 5.92 Å². The maximum atomic E-state index is 12.4. The fraction of sp³-hybridized carbons (Fsp3) is 0.692. The Balaban J connectivity index is 1.59. The molecule has 1 aromatic heterocycles. The number of sulfonamides is 1. The fourth-order valence-electron chi connectivity index (χ4n) is 2.85. The molecule has 3 heterocycles. The molecule has 0 saturated carbocycles. The minimum atomic E-state index is -3.26. The highest BCUT2D eigenvalue weighted by atomic mass is 32.2. The first kappa shape index (κ1) is 14.5. The van der Waals surface area contributed by atoms with Crippen LogP contribution in [0.5, 0.6) is 0 Å². The van der Waals surface area contributed by atoms with Gasteiger partial charge in [-0.3, -0.25) is 4.90 Å². The predicted octanol–water partition coefficient (Wildman–Crippen LogP) is 1.09. The largest absolute Gasteiger partial charge is 0.379 e. The predicted molar refractivity (Wildman–Crippen MR) is 78.4 cm³/mol. The molecular formula is C13H20N2O3S2. The molecule has 0 amide bonds. The van der Waals surface area contributed by atoms with Crippen molar-refractivity contribution in [3.63, 3.8) is 0 Å². The van der Waals surface area contributed by atoms with E-state index in [1.54, 1.807) is 16.4 Å². The lowest BCUT2D eigenvalue weighted by molar-refractivity contribution is 0.0316. The number of hydrogen-bond acceptors (Lipinski definition) is 5. The van der Waals surface area contributed by atoms with Gasteiger partial charge in [-0.15, -0.1) is 11.3 Å². The van der Waals surface area contributed by atoms with Gasteiger partial charge in [0.25, 0.3) is 10.0 Å². The van der Waals surface area contributed by atoms with Gasteiger partial charge in [0.1, 0.15) is 4.21 Å². The summed E-state index contributed by atoms with van der Waals surface area (Å²) in [5.74, 6) is 0.447. The molecule has 0 bridgehead atoms. The zero-order chi connectivity index (χ0) is 14.0. The smallest absolute Gasteiger partial charge is 0.252 e. The molecule has 2 saturated heterocycles. The number of rotatable bonds is 4. The Morgan fingerprint density at radius 2 is 2.10 bits per heavy atom. The van der Waals surface area contributed by atoms with Gasteiger partial charge in [-0.25, -0.2) is 8.42 Å². The van der Waals surface area contributed by atoms with Crippen molar-refractivity contribution in [2.45, 2.75) is 10.6 Å². The number of nitrogens with zero attached hydrogens (tertiary/aromatic N) is 2. The van der Waals surface area contributed by atoms with Crippen molar-refractivity contribution in [3.8, 4) is 0 Å². The molecule has 2 fully saturated rings. The monoisotopic (exact) mass is 316 g/mol. The summed E-state index contributed by atoms with van der Waals surface area (Å²) in [5.41, 5.74) is 0. The Bertz CT molecular complexity index is 524. The van der Waals surface area contributed by atoms with E-state index in [4.69, 9.17) is 4.74 Å². The van der Waals surface area contributed by atoms with E-state index < -0.39 is 10.0 Å². The van der Waals surface area contributed by atoms with Gasteiger partial charge in [-0.2, -0.15) is 4.31 Å². The van der Waals surface area contributed by atoms with E-state index in [1.165, 1.54) is 11.3 Å². The van der Waals surface area contributed by atoms with Crippen LogP contribution in [0.4, 0.5) is 0 Å². The molecular weight excluding hydrogens is 296 g/mol. The van der Waals surface area contributed by atoms with Gasteiger partial charge in [0.2, 0.25) is 0 Å². The van der Waals surface area contributed by atoms with E-state index in [0.717, 1.165) is 39.3 Å². The summed E-state index contributed by atoms with van der Waals surface area (Å²) < 4.78 is 32.3. The van der Waals surface area contributed by atoms with Crippen LogP contribution in [-0.4, -0.2) is 63.6 Å². The summed E-state index contributed by atoms with van der Waals surface area (Å²) >= 11 is 1.30. The van der Waals surface area contributed by atoms with Gasteiger partial charge < -0.3 is 4.74 Å². The Morgan fingerprint density at radius 1 is 1.30 bits per heavy atom. The zero-order valence-corrected chi connectivity index (χ0v) is 13.0. The van der Waals surface area contributed by atoms with Crippen molar-refractivity contribution in [2.75, 3.05) is 45.9 Å². The van der Waals surface area contributed by atoms with Crippen molar-refractivity contribution in [1.29, 1.82) is 0 Å². The van der Waals surface area contributed by atoms with Crippen molar-refractivity contribution < 1.29 is 13.2 Å². The second kappa shape index (κ2) is 6.11. The molecule has 1 aromatic rings. The second-order valence-corrected chi connectivity index (χ2v) is 8.48. The highest BCUT2D eigenvalue weighted by Crippen LogP contribution is 2.27. The molecule has 1 unspecified atom stereocenters. The van der Waals surface area contributed by atoms with Crippen molar-refractivity contribution in [3.05, 3.63) is 17.5 Å². The van der Waals surface area contributed by atoms with Crippen molar-refractivity contribution >= 4 is 21.4 Å². The number of thiophene rings is 1. The summed E-state index contributed by atoms with van der Waals surface area (Å²) in [6.07, 6.45) is 0.960. The average molecular weight is 316 g/mol. The molecule has 1 atom stereocenters. The quantitative estimate of drug-likeness (QED) is 0.834. The first-order chi connectivity index (χ1) is 9.66. The molecule has 0 spiro atoms. The molecule has 0 radical (unpaired) electrons. The van der Waals surface area contributed by atoms with Crippen LogP contribution in [0.25, 0.3) is 0 Å². The molecule has 2 aliphatic rings. The van der Waals surface area contributed by atoms with Crippen molar-refractivity contribution in [1.82, 2.24) is 9.21 Å². The van der Waals surface area contributed by atoms with Crippen LogP contribution in [0, 0.1) is 5.92 Å². The van der Waals surface area contributed by atoms with Gasteiger partial charge in [-0.05, 0) is 23.8 Å². The fourth-order valence-corrected chi connectivity index (χ4v) is 5.53. The Morgan fingerprint density at radius 3 is 2.80 bits per heavy atom. The van der Waals surface area contributed by atoms with E-state index >= 15 is 0 Å². The highest BCUT2D eigenvalue weighted by Gasteiger charge is 2.33. The van der Waals surface area contributed by atoms with Gasteiger partial charge in [0.05, 0.1) is 13.2 Å². The van der Waals surface area contributed by atoms with Gasteiger partial charge in [-0.1, -0.05) is 6.07 Å². The van der Waals surface area contributed by atoms with Crippen LogP contribution in [0.15, 0.2) is 21.7 Å². The Hall–Kier alpha value is -0.470. The zero-order valence-electron chi connectivity index (χ0n) is 11.4. The Labute approximate surface area is 124 Å². The molecule has 2 aliphatic heterocycles. The summed E-state index contributed by atoms with van der Waals surface area (Å²) in [4.78, 5) is 2.38.